The highest BCUT2D eigenvalue weighted by atomic mass is 32.2. The second-order valence-electron chi connectivity index (χ2n) is 6.48. The number of thioether (sulfide) groups is 1. The second kappa shape index (κ2) is 7.63. The molecule has 1 N–H and O–H groups in total. The minimum Gasteiger partial charge on any atom is -0.291 e. The molecule has 1 aliphatic heterocycles. The van der Waals surface area contributed by atoms with Gasteiger partial charge in [-0.1, -0.05) is 30.0 Å². The van der Waals surface area contributed by atoms with E-state index in [0.717, 1.165) is 0 Å². The number of carbonyl (C=O) groups is 1. The van der Waals surface area contributed by atoms with Gasteiger partial charge in [-0.25, -0.2) is 9.29 Å². The van der Waals surface area contributed by atoms with Crippen LogP contribution in [0, 0.1) is 5.82 Å². The summed E-state index contributed by atoms with van der Waals surface area (Å²) < 4.78 is 15.1. The summed E-state index contributed by atoms with van der Waals surface area (Å²) in [5.41, 5.74) is 1.88. The third-order valence-electron chi connectivity index (χ3n) is 4.60. The van der Waals surface area contributed by atoms with E-state index >= 15 is 0 Å². The quantitative estimate of drug-likeness (QED) is 0.409. The van der Waals surface area contributed by atoms with Crippen LogP contribution >= 0.6 is 11.8 Å². The summed E-state index contributed by atoms with van der Waals surface area (Å²) in [4.78, 5) is 30.0. The fourth-order valence-electron chi connectivity index (χ4n) is 3.45. The van der Waals surface area contributed by atoms with E-state index in [2.05, 4.69) is 16.7 Å². The minimum atomic E-state index is -0.719. The summed E-state index contributed by atoms with van der Waals surface area (Å²) in [5.74, 6) is -0.0331. The van der Waals surface area contributed by atoms with Gasteiger partial charge in [-0.2, -0.15) is 0 Å². The lowest BCUT2D eigenvalue weighted by molar-refractivity contribution is -0.763. The molecule has 1 atom stereocenters. The number of para-hydroxylation sites is 1. The molecule has 1 aliphatic rings. The fraction of sp³-hybridized carbons (Fsp3) is 0.143. The van der Waals surface area contributed by atoms with Crippen LogP contribution in [0.15, 0.2) is 71.1 Å². The molecule has 0 saturated carbocycles. The molecule has 3 aromatic rings. The SMILES string of the molecule is C=CCSc1n[n+]2c(c(=O)[nH]1)-c1ccccc1N(C(C)=O)[C@H]2c1ccc(F)cc1. The molecule has 6 nitrogen and oxygen atoms in total. The van der Waals surface area contributed by atoms with Crippen molar-refractivity contribution in [1.82, 2.24) is 10.1 Å². The summed E-state index contributed by atoms with van der Waals surface area (Å²) in [6.45, 7) is 5.14. The number of nitrogens with zero attached hydrogens (tertiary/aromatic N) is 3. The number of rotatable bonds is 4. The molecule has 8 heteroatoms. The van der Waals surface area contributed by atoms with Crippen LogP contribution in [0.1, 0.15) is 18.7 Å². The summed E-state index contributed by atoms with van der Waals surface area (Å²) in [6.07, 6.45) is 0.993. The number of hydrogen-bond donors (Lipinski definition) is 1. The van der Waals surface area contributed by atoms with Gasteiger partial charge in [0.25, 0.3) is 6.17 Å². The number of benzene rings is 2. The van der Waals surface area contributed by atoms with Crippen molar-refractivity contribution in [1.29, 1.82) is 0 Å². The van der Waals surface area contributed by atoms with E-state index in [9.17, 15) is 14.0 Å². The maximum absolute atomic E-state index is 13.5. The highest BCUT2D eigenvalue weighted by Crippen LogP contribution is 2.37. The van der Waals surface area contributed by atoms with Crippen molar-refractivity contribution in [3.63, 3.8) is 0 Å². The molecule has 0 unspecified atom stereocenters. The number of fused-ring (bicyclic) bond motifs is 3. The number of halogens is 1. The standard InChI is InChI=1S/C21H17FN4O2S/c1-3-12-29-21-23-19(28)18-16-6-4-5-7-17(16)25(13(2)27)20(26(18)24-21)14-8-10-15(22)11-9-14/h3-11,20H,1,12H2,2H3/p+1/t20-/m1/s1. The van der Waals surface area contributed by atoms with E-state index in [4.69, 9.17) is 0 Å². The number of hydrogen-bond acceptors (Lipinski definition) is 4. The van der Waals surface area contributed by atoms with E-state index in [1.54, 1.807) is 46.0 Å². The average molecular weight is 409 g/mol. The normalized spacial score (nSPS) is 14.8. The van der Waals surface area contributed by atoms with Gasteiger partial charge in [0.1, 0.15) is 5.82 Å². The summed E-state index contributed by atoms with van der Waals surface area (Å²) in [6, 6.07) is 13.0. The minimum absolute atomic E-state index is 0.215. The Morgan fingerprint density at radius 3 is 2.72 bits per heavy atom. The largest absolute Gasteiger partial charge is 0.325 e. The average Bonchev–Trinajstić information content (AvgIpc) is 2.71. The van der Waals surface area contributed by atoms with Gasteiger partial charge in [-0.05, 0) is 41.1 Å². The van der Waals surface area contributed by atoms with Gasteiger partial charge in [0.2, 0.25) is 11.1 Å². The maximum Gasteiger partial charge on any atom is 0.325 e. The topological polar surface area (TPSA) is 69.9 Å². The maximum atomic E-state index is 13.5. The molecule has 2 heterocycles. The number of aromatic nitrogens is 3. The van der Waals surface area contributed by atoms with Gasteiger partial charge in [0.05, 0.1) is 11.3 Å². The molecule has 146 valence electrons. The van der Waals surface area contributed by atoms with Crippen molar-refractivity contribution >= 4 is 23.4 Å². The lowest BCUT2D eigenvalue weighted by atomic mass is 10.0. The van der Waals surface area contributed by atoms with Crippen molar-refractivity contribution in [2.75, 3.05) is 10.7 Å². The van der Waals surface area contributed by atoms with Crippen molar-refractivity contribution in [2.24, 2.45) is 0 Å². The lowest BCUT2D eigenvalue weighted by Gasteiger charge is -2.31. The molecule has 1 amide bonds. The lowest BCUT2D eigenvalue weighted by Crippen LogP contribution is -2.60. The molecule has 2 aromatic carbocycles. The van der Waals surface area contributed by atoms with Crippen molar-refractivity contribution in [3.8, 4) is 11.3 Å². The van der Waals surface area contributed by atoms with Gasteiger partial charge in [-0.3, -0.25) is 14.6 Å². The van der Waals surface area contributed by atoms with Crippen LogP contribution in [-0.4, -0.2) is 21.7 Å². The van der Waals surface area contributed by atoms with Crippen LogP contribution < -0.4 is 15.1 Å². The first-order valence-corrected chi connectivity index (χ1v) is 9.94. The zero-order valence-electron chi connectivity index (χ0n) is 15.6. The van der Waals surface area contributed by atoms with Crippen LogP contribution in [0.3, 0.4) is 0 Å². The van der Waals surface area contributed by atoms with Crippen LogP contribution in [0.5, 0.6) is 0 Å². The zero-order chi connectivity index (χ0) is 20.5. The molecule has 0 spiro atoms. The van der Waals surface area contributed by atoms with Gasteiger partial charge >= 0.3 is 11.3 Å². The number of aromatic amines is 1. The van der Waals surface area contributed by atoms with Gasteiger partial charge in [0.15, 0.2) is 0 Å². The second-order valence-corrected chi connectivity index (χ2v) is 7.49. The first-order valence-electron chi connectivity index (χ1n) is 8.95. The molecule has 1 aromatic heterocycles. The smallest absolute Gasteiger partial charge is 0.291 e. The molecule has 0 aliphatic carbocycles. The van der Waals surface area contributed by atoms with E-state index in [1.165, 1.54) is 30.8 Å². The van der Waals surface area contributed by atoms with E-state index in [-0.39, 0.29) is 17.3 Å². The molecular weight excluding hydrogens is 391 g/mol. The number of anilines is 1. The zero-order valence-corrected chi connectivity index (χ0v) is 16.4. The van der Waals surface area contributed by atoms with Crippen molar-refractivity contribution < 1.29 is 13.9 Å². The Bertz CT molecular complexity index is 1160. The molecule has 0 saturated heterocycles. The molecule has 0 bridgehead atoms. The number of carbonyl (C=O) groups excluding carboxylic acids is 1. The predicted octanol–water partition coefficient (Wildman–Crippen LogP) is 3.06. The van der Waals surface area contributed by atoms with Gasteiger partial charge in [-0.15, -0.1) is 6.58 Å². The molecular formula is C21H18FN4O2S+. The molecule has 0 radical (unpaired) electrons. The fourth-order valence-corrected chi connectivity index (χ4v) is 4.04. The Morgan fingerprint density at radius 1 is 1.31 bits per heavy atom. The van der Waals surface area contributed by atoms with Gasteiger partial charge in [0, 0.05) is 23.3 Å². The number of nitrogens with one attached hydrogen (secondary N) is 1. The molecule has 29 heavy (non-hydrogen) atoms. The Morgan fingerprint density at radius 2 is 2.03 bits per heavy atom. The highest BCUT2D eigenvalue weighted by molar-refractivity contribution is 7.99. The molecule has 0 fully saturated rings. The van der Waals surface area contributed by atoms with Crippen molar-refractivity contribution in [2.45, 2.75) is 18.2 Å². The summed E-state index contributed by atoms with van der Waals surface area (Å²) in [5, 5.41) is 5.02. The van der Waals surface area contributed by atoms with E-state index < -0.39 is 6.17 Å². The third-order valence-corrected chi connectivity index (χ3v) is 5.46. The molecule has 4 rings (SSSR count). The van der Waals surface area contributed by atoms with Crippen molar-refractivity contribution in [3.05, 3.63) is 82.9 Å². The Balaban J connectivity index is 2.03. The predicted molar refractivity (Wildman–Crippen MR) is 109 cm³/mol. The number of H-pyrrole nitrogens is 1. The monoisotopic (exact) mass is 409 g/mol. The van der Waals surface area contributed by atoms with Crippen LogP contribution in [-0.2, 0) is 4.79 Å². The summed E-state index contributed by atoms with van der Waals surface area (Å²) >= 11 is 1.33. The van der Waals surface area contributed by atoms with Gasteiger partial charge < -0.3 is 0 Å². The van der Waals surface area contributed by atoms with Crippen LogP contribution in [0.2, 0.25) is 0 Å². The van der Waals surface area contributed by atoms with E-state index in [0.29, 0.717) is 33.4 Å². The number of amides is 1. The first-order chi connectivity index (χ1) is 14.0. The Kier molecular flexibility index (Phi) is 5.02. The van der Waals surface area contributed by atoms with Crippen LogP contribution in [0.25, 0.3) is 11.3 Å². The Hall–Kier alpha value is -3.26. The highest BCUT2D eigenvalue weighted by Gasteiger charge is 2.44. The Labute approximate surface area is 170 Å². The third kappa shape index (κ3) is 3.36. The van der Waals surface area contributed by atoms with Crippen LogP contribution in [0.4, 0.5) is 10.1 Å². The summed E-state index contributed by atoms with van der Waals surface area (Å²) in [7, 11) is 0. The van der Waals surface area contributed by atoms with E-state index in [1.807, 2.05) is 6.07 Å². The first kappa shape index (κ1) is 19.1.